The quantitative estimate of drug-likeness (QED) is 0.123. The van der Waals surface area contributed by atoms with Gasteiger partial charge in [0.1, 0.15) is 0 Å². The fraction of sp³-hybridized carbons (Fsp3) is 0.143. The molecule has 1 saturated heterocycles. The van der Waals surface area contributed by atoms with Crippen LogP contribution in [0.3, 0.4) is 0 Å². The van der Waals surface area contributed by atoms with E-state index in [0.717, 1.165) is 15.5 Å². The highest BCUT2D eigenvalue weighted by Crippen LogP contribution is 2.52. The summed E-state index contributed by atoms with van der Waals surface area (Å²) < 4.78 is 21.1. The lowest BCUT2D eigenvalue weighted by molar-refractivity contribution is 0.00578. The lowest BCUT2D eigenvalue weighted by Crippen LogP contribution is -2.41. The summed E-state index contributed by atoms with van der Waals surface area (Å²) in [5.74, 6) is 0. The SMILES string of the molecule is Brc1ccccc1I.CC1(C)c2ccccc2-c2cc(-n3c4ccccc4c4cc(-c5cccc(-c6ccccc6Br)c5)ccc43)ccc21.CC1(C)c2ccccc2-c2cc(-n3c4ccccc4c4cc(-c5cccc(B6OC(C)(C)C(C)(C)O6)c5)ccc43)ccc21. The normalized spacial score (nSPS) is 15.1. The monoisotopic (exact) mass is 1430 g/mol. The molecule has 17 rings (SSSR count). The third-order valence-corrected chi connectivity index (χ3v) is 23.0. The predicted molar refractivity (Wildman–Crippen MR) is 403 cm³/mol. The molecule has 8 heteroatoms. The Morgan fingerprint density at radius 1 is 0.315 bits per heavy atom. The van der Waals surface area contributed by atoms with Gasteiger partial charge >= 0.3 is 7.12 Å². The van der Waals surface area contributed by atoms with Crippen LogP contribution >= 0.6 is 54.5 Å². The lowest BCUT2D eigenvalue weighted by atomic mass is 9.78. The topological polar surface area (TPSA) is 28.3 Å². The van der Waals surface area contributed by atoms with E-state index in [0.29, 0.717) is 0 Å². The summed E-state index contributed by atoms with van der Waals surface area (Å²) in [6.07, 6.45) is 0. The molecule has 3 aliphatic rings. The van der Waals surface area contributed by atoms with Crippen LogP contribution in [0.1, 0.15) is 77.6 Å². The number of hydrogen-bond donors (Lipinski definition) is 0. The minimum atomic E-state index is -0.384. The first kappa shape index (κ1) is 60.2. The van der Waals surface area contributed by atoms with Gasteiger partial charge in [0.15, 0.2) is 0 Å². The zero-order valence-electron chi connectivity index (χ0n) is 52.8. The van der Waals surface area contributed by atoms with Gasteiger partial charge in [0.2, 0.25) is 0 Å². The second kappa shape index (κ2) is 23.2. The van der Waals surface area contributed by atoms with Crippen LogP contribution in [0.25, 0.3) is 111 Å². The van der Waals surface area contributed by atoms with Gasteiger partial charge in [-0.3, -0.25) is 0 Å². The summed E-state index contributed by atoms with van der Waals surface area (Å²) in [4.78, 5) is 0. The van der Waals surface area contributed by atoms with Gasteiger partial charge in [0.05, 0.1) is 33.3 Å². The van der Waals surface area contributed by atoms with Crippen LogP contribution in [-0.4, -0.2) is 27.5 Å². The van der Waals surface area contributed by atoms with Crippen LogP contribution in [0.15, 0.2) is 276 Å². The zero-order valence-corrected chi connectivity index (χ0v) is 58.2. The largest absolute Gasteiger partial charge is 0.494 e. The van der Waals surface area contributed by atoms with Crippen molar-refractivity contribution >= 4 is 111 Å². The van der Waals surface area contributed by atoms with Gasteiger partial charge in [-0.05, 0) is 234 Å². The Labute approximate surface area is 570 Å². The number of hydrogen-bond acceptors (Lipinski definition) is 2. The Morgan fingerprint density at radius 3 is 1.22 bits per heavy atom. The molecule has 0 amide bonds. The van der Waals surface area contributed by atoms with E-state index in [2.05, 4.69) is 368 Å². The summed E-state index contributed by atoms with van der Waals surface area (Å²) in [5, 5.41) is 5.04. The molecule has 3 heterocycles. The second-order valence-electron chi connectivity index (χ2n) is 26.7. The van der Waals surface area contributed by atoms with Gasteiger partial charge < -0.3 is 18.4 Å². The molecule has 0 radical (unpaired) electrons. The Kier molecular flexibility index (Phi) is 15.2. The average molecular weight is 1440 g/mol. The van der Waals surface area contributed by atoms with Crippen LogP contribution in [0, 0.1) is 3.57 Å². The van der Waals surface area contributed by atoms with Gasteiger partial charge in [-0.15, -0.1) is 0 Å². The number of aromatic nitrogens is 2. The van der Waals surface area contributed by atoms with E-state index in [9.17, 15) is 0 Å². The van der Waals surface area contributed by atoms with Crippen molar-refractivity contribution in [2.45, 2.75) is 77.4 Å². The minimum absolute atomic E-state index is 0.00402. The first-order valence-electron chi connectivity index (χ1n) is 31.6. The van der Waals surface area contributed by atoms with E-state index in [1.54, 1.807) is 0 Å². The van der Waals surface area contributed by atoms with Gasteiger partial charge in [-0.1, -0.05) is 226 Å². The number of nitrogens with zero attached hydrogens (tertiary/aromatic N) is 2. The van der Waals surface area contributed by atoms with Crippen molar-refractivity contribution in [2.24, 2.45) is 0 Å². The molecule has 0 saturated carbocycles. The van der Waals surface area contributed by atoms with E-state index >= 15 is 0 Å². The molecule has 92 heavy (non-hydrogen) atoms. The van der Waals surface area contributed by atoms with Crippen LogP contribution < -0.4 is 5.46 Å². The van der Waals surface area contributed by atoms with Gasteiger partial charge in [0, 0.05) is 56.3 Å². The Bertz CT molecular complexity index is 5230. The van der Waals surface area contributed by atoms with Crippen LogP contribution in [0.4, 0.5) is 0 Å². The molecule has 450 valence electrons. The minimum Gasteiger partial charge on any atom is -0.399 e. The first-order chi connectivity index (χ1) is 44.4. The summed E-state index contributed by atoms with van der Waals surface area (Å²) in [6, 6.07) is 97.0. The van der Waals surface area contributed by atoms with E-state index in [4.69, 9.17) is 9.31 Å². The Morgan fingerprint density at radius 2 is 0.717 bits per heavy atom. The molecule has 0 spiro atoms. The lowest BCUT2D eigenvalue weighted by Gasteiger charge is -2.32. The molecule has 14 aromatic rings. The maximum absolute atomic E-state index is 6.36. The van der Waals surface area contributed by atoms with E-state index in [1.165, 1.54) is 135 Å². The molecule has 1 aliphatic heterocycles. The number of rotatable bonds is 6. The van der Waals surface area contributed by atoms with Crippen molar-refractivity contribution in [1.29, 1.82) is 0 Å². The summed E-state index contributed by atoms with van der Waals surface area (Å²) >= 11 is 9.39. The van der Waals surface area contributed by atoms with Crippen molar-refractivity contribution in [3.63, 3.8) is 0 Å². The van der Waals surface area contributed by atoms with Gasteiger partial charge in [-0.2, -0.15) is 0 Å². The fourth-order valence-corrected chi connectivity index (χ4v) is 15.6. The highest BCUT2D eigenvalue weighted by Gasteiger charge is 2.52. The maximum Gasteiger partial charge on any atom is 0.494 e. The third-order valence-electron chi connectivity index (χ3n) is 19.9. The second-order valence-corrected chi connectivity index (χ2v) is 29.5. The number of halogens is 3. The van der Waals surface area contributed by atoms with Gasteiger partial charge in [0.25, 0.3) is 0 Å². The van der Waals surface area contributed by atoms with Crippen LogP contribution in [-0.2, 0) is 20.1 Å². The molecule has 2 aromatic heterocycles. The Hall–Kier alpha value is -8.09. The molecular weight excluding hydrogens is 1370 g/mol. The predicted octanol–water partition coefficient (Wildman–Crippen LogP) is 23.3. The molecule has 0 unspecified atom stereocenters. The van der Waals surface area contributed by atoms with E-state index in [1.807, 2.05) is 18.2 Å². The highest BCUT2D eigenvalue weighted by molar-refractivity contribution is 14.1. The fourth-order valence-electron chi connectivity index (χ4n) is 14.4. The summed E-state index contributed by atoms with van der Waals surface area (Å²) in [7, 11) is -0.384. The van der Waals surface area contributed by atoms with Gasteiger partial charge in [-0.25, -0.2) is 0 Å². The molecule has 0 N–H and O–H groups in total. The summed E-state index contributed by atoms with van der Waals surface area (Å²) in [5.41, 5.74) is 25.7. The first-order valence-corrected chi connectivity index (χ1v) is 34.3. The molecule has 12 aromatic carbocycles. The molecule has 0 atom stereocenters. The molecule has 1 fully saturated rings. The van der Waals surface area contributed by atoms with Crippen LogP contribution in [0.5, 0.6) is 0 Å². The van der Waals surface area contributed by atoms with Crippen molar-refractivity contribution in [3.8, 4) is 67.0 Å². The molecular formula is C84H68BBr2IN2O2. The van der Waals surface area contributed by atoms with Crippen molar-refractivity contribution in [2.75, 3.05) is 0 Å². The number of benzene rings is 12. The molecule has 4 nitrogen and oxygen atoms in total. The maximum atomic E-state index is 6.36. The summed E-state index contributed by atoms with van der Waals surface area (Å²) in [6.45, 7) is 17.7. The third kappa shape index (κ3) is 10.2. The van der Waals surface area contributed by atoms with Crippen molar-refractivity contribution < 1.29 is 9.31 Å². The van der Waals surface area contributed by atoms with E-state index in [-0.39, 0.29) is 29.2 Å². The smallest absolute Gasteiger partial charge is 0.399 e. The standard InChI is InChI=1S/C39H36BNO2.C39H28BrN.C6H4BrI/c1-37(2)33-16-9-7-14-29(33)31-24-28(19-20-34(31)37)41-35-17-10-8-15-30(35)32-23-26(18-21-36(32)41)25-12-11-13-27(22-25)40-42-38(3,4)39(5,6)43-40;1-39(2)34-15-6-3-13-30(34)32-24-28(19-20-35(32)39)41-37-17-8-5-14-31(37)33-23-26(18-21-38(33)41)25-10-9-11-27(22-25)29-12-4-7-16-36(29)40;7-5-3-1-2-4-6(5)8/h7-24H,1-6H3;3-24H,1-2H3;1-4H. The van der Waals surface area contributed by atoms with E-state index < -0.39 is 0 Å². The molecule has 0 bridgehead atoms. The highest BCUT2D eigenvalue weighted by atomic mass is 127. The molecule has 2 aliphatic carbocycles. The van der Waals surface area contributed by atoms with Crippen molar-refractivity contribution in [3.05, 3.63) is 302 Å². The zero-order chi connectivity index (χ0) is 63.4. The number of para-hydroxylation sites is 2. The average Bonchev–Trinajstić information content (AvgIpc) is 1.58. The Balaban J connectivity index is 0.000000136. The van der Waals surface area contributed by atoms with Crippen molar-refractivity contribution in [1.82, 2.24) is 9.13 Å². The van der Waals surface area contributed by atoms with Crippen LogP contribution in [0.2, 0.25) is 0 Å². The number of fused-ring (bicyclic) bond motifs is 12.